The van der Waals surface area contributed by atoms with Crippen LogP contribution in [0.1, 0.15) is 64.2 Å². The van der Waals surface area contributed by atoms with Crippen molar-refractivity contribution in [3.05, 3.63) is 0 Å². The molecule has 122 valence electrons. The minimum atomic E-state index is 0.496. The van der Waals surface area contributed by atoms with Crippen LogP contribution in [0.15, 0.2) is 0 Å². The quantitative estimate of drug-likeness (QED) is 0.793. The largest absolute Gasteiger partial charge is 0.373 e. The van der Waals surface area contributed by atoms with E-state index in [9.17, 15) is 0 Å². The zero-order valence-electron chi connectivity index (χ0n) is 13.7. The van der Waals surface area contributed by atoms with Crippen LogP contribution in [0.2, 0.25) is 0 Å². The van der Waals surface area contributed by atoms with E-state index >= 15 is 0 Å². The number of thioether (sulfide) groups is 1. The first kappa shape index (κ1) is 16.1. The Morgan fingerprint density at radius 3 is 2.71 bits per heavy atom. The average molecular weight is 312 g/mol. The second-order valence-corrected chi connectivity index (χ2v) is 8.64. The lowest BCUT2D eigenvalue weighted by atomic mass is 9.69. The van der Waals surface area contributed by atoms with Crippen molar-refractivity contribution in [3.8, 4) is 0 Å². The molecule has 2 aliphatic carbocycles. The summed E-state index contributed by atoms with van der Waals surface area (Å²) in [7, 11) is 2.07. The third-order valence-electron chi connectivity index (χ3n) is 5.92. The summed E-state index contributed by atoms with van der Waals surface area (Å²) in [5.74, 6) is 3.22. The van der Waals surface area contributed by atoms with E-state index in [-0.39, 0.29) is 0 Å². The Kier molecular flexibility index (Phi) is 6.31. The molecule has 5 atom stereocenters. The van der Waals surface area contributed by atoms with Crippen LogP contribution in [0.5, 0.6) is 0 Å². The monoisotopic (exact) mass is 311 g/mol. The Morgan fingerprint density at radius 2 is 1.90 bits per heavy atom. The summed E-state index contributed by atoms with van der Waals surface area (Å²) >= 11 is 2.17. The molecule has 1 heterocycles. The third kappa shape index (κ3) is 4.17. The van der Waals surface area contributed by atoms with Crippen LogP contribution in [0, 0.1) is 11.8 Å². The maximum Gasteiger partial charge on any atom is 0.0709 e. The van der Waals surface area contributed by atoms with E-state index in [1.54, 1.807) is 0 Å². The highest BCUT2D eigenvalue weighted by Crippen LogP contribution is 2.43. The van der Waals surface area contributed by atoms with Crippen molar-refractivity contribution in [2.45, 2.75) is 81.7 Å². The van der Waals surface area contributed by atoms with Gasteiger partial charge in [-0.15, -0.1) is 0 Å². The molecule has 3 rings (SSSR count). The van der Waals surface area contributed by atoms with E-state index in [4.69, 9.17) is 4.74 Å². The van der Waals surface area contributed by atoms with E-state index in [2.05, 4.69) is 24.1 Å². The van der Waals surface area contributed by atoms with Gasteiger partial charge in [-0.25, -0.2) is 0 Å². The molecule has 3 heteroatoms. The summed E-state index contributed by atoms with van der Waals surface area (Å²) < 4.78 is 6.79. The first-order chi connectivity index (χ1) is 10.4. The van der Waals surface area contributed by atoms with Crippen LogP contribution in [0.4, 0.5) is 0 Å². The van der Waals surface area contributed by atoms with Gasteiger partial charge in [-0.2, -0.15) is 11.8 Å². The van der Waals surface area contributed by atoms with Gasteiger partial charge in [0.05, 0.1) is 12.2 Å². The van der Waals surface area contributed by atoms with Crippen molar-refractivity contribution in [3.63, 3.8) is 0 Å². The summed E-state index contributed by atoms with van der Waals surface area (Å²) in [6.07, 6.45) is 15.1. The molecule has 2 nitrogen and oxygen atoms in total. The number of ether oxygens (including phenoxy) is 1. The molecule has 2 saturated carbocycles. The molecule has 0 aromatic heterocycles. The molecule has 0 spiro atoms. The minimum absolute atomic E-state index is 0.496. The SMILES string of the molecule is CNCC[C@@H](OC1CCCC2CCCCC21)C1CCCS1. The molecule has 1 N–H and O–H groups in total. The molecular weight excluding hydrogens is 278 g/mol. The normalized spacial score (nSPS) is 38.1. The third-order valence-corrected chi connectivity index (χ3v) is 7.41. The predicted molar refractivity (Wildman–Crippen MR) is 92.0 cm³/mol. The summed E-state index contributed by atoms with van der Waals surface area (Å²) in [6, 6.07) is 0. The molecule has 0 bridgehead atoms. The second-order valence-electron chi connectivity index (χ2n) is 7.30. The van der Waals surface area contributed by atoms with Crippen LogP contribution in [-0.4, -0.2) is 36.8 Å². The summed E-state index contributed by atoms with van der Waals surface area (Å²) in [6.45, 7) is 1.10. The lowest BCUT2D eigenvalue weighted by Gasteiger charge is -2.43. The fraction of sp³-hybridized carbons (Fsp3) is 1.00. The molecule has 0 aromatic rings. The highest BCUT2D eigenvalue weighted by Gasteiger charge is 2.38. The van der Waals surface area contributed by atoms with Gasteiger partial charge >= 0.3 is 0 Å². The van der Waals surface area contributed by atoms with Crippen LogP contribution in [-0.2, 0) is 4.74 Å². The maximum absolute atomic E-state index is 6.79. The number of hydrogen-bond donors (Lipinski definition) is 1. The highest BCUT2D eigenvalue weighted by molar-refractivity contribution is 8.00. The maximum atomic E-state index is 6.79. The topological polar surface area (TPSA) is 21.3 Å². The van der Waals surface area contributed by atoms with Crippen LogP contribution in [0.25, 0.3) is 0 Å². The summed E-state index contributed by atoms with van der Waals surface area (Å²) in [4.78, 5) is 0. The van der Waals surface area contributed by atoms with Gasteiger partial charge in [0.2, 0.25) is 0 Å². The smallest absolute Gasteiger partial charge is 0.0709 e. The van der Waals surface area contributed by atoms with Crippen molar-refractivity contribution in [1.29, 1.82) is 0 Å². The second kappa shape index (κ2) is 8.21. The predicted octanol–water partition coefficient (Wildman–Crippen LogP) is 4.24. The molecule has 3 fully saturated rings. The fourth-order valence-electron chi connectivity index (χ4n) is 4.80. The fourth-order valence-corrected chi connectivity index (χ4v) is 6.18. The number of rotatable bonds is 6. The average Bonchev–Trinajstić information content (AvgIpc) is 3.06. The van der Waals surface area contributed by atoms with Gasteiger partial charge in [0, 0.05) is 5.25 Å². The number of hydrogen-bond acceptors (Lipinski definition) is 3. The van der Waals surface area contributed by atoms with E-state index < -0.39 is 0 Å². The van der Waals surface area contributed by atoms with Crippen molar-refractivity contribution in [2.24, 2.45) is 11.8 Å². The summed E-state index contributed by atoms with van der Waals surface area (Å²) in [5.41, 5.74) is 0. The van der Waals surface area contributed by atoms with Gasteiger partial charge in [-0.05, 0) is 69.7 Å². The molecule has 1 aliphatic heterocycles. The molecule has 0 radical (unpaired) electrons. The lowest BCUT2D eigenvalue weighted by molar-refractivity contribution is -0.0877. The molecule has 21 heavy (non-hydrogen) atoms. The van der Waals surface area contributed by atoms with E-state index in [1.807, 2.05) is 0 Å². The van der Waals surface area contributed by atoms with Crippen LogP contribution < -0.4 is 5.32 Å². The van der Waals surface area contributed by atoms with Crippen molar-refractivity contribution < 1.29 is 4.74 Å². The van der Waals surface area contributed by atoms with Crippen LogP contribution in [0.3, 0.4) is 0 Å². The van der Waals surface area contributed by atoms with Gasteiger partial charge in [0.1, 0.15) is 0 Å². The first-order valence-corrected chi connectivity index (χ1v) is 10.3. The Morgan fingerprint density at radius 1 is 1.05 bits per heavy atom. The minimum Gasteiger partial charge on any atom is -0.373 e. The van der Waals surface area contributed by atoms with E-state index in [0.717, 1.165) is 23.6 Å². The zero-order chi connectivity index (χ0) is 14.5. The highest BCUT2D eigenvalue weighted by atomic mass is 32.2. The Bertz CT molecular complexity index is 304. The van der Waals surface area contributed by atoms with Gasteiger partial charge < -0.3 is 10.1 Å². The van der Waals surface area contributed by atoms with Gasteiger partial charge in [0.15, 0.2) is 0 Å². The molecule has 0 amide bonds. The van der Waals surface area contributed by atoms with E-state index in [1.165, 1.54) is 70.0 Å². The molecule has 3 aliphatic rings. The first-order valence-electron chi connectivity index (χ1n) is 9.30. The van der Waals surface area contributed by atoms with Crippen molar-refractivity contribution >= 4 is 11.8 Å². The lowest BCUT2D eigenvalue weighted by Crippen LogP contribution is -2.41. The van der Waals surface area contributed by atoms with Crippen molar-refractivity contribution in [2.75, 3.05) is 19.3 Å². The Labute approximate surface area is 135 Å². The van der Waals surface area contributed by atoms with Gasteiger partial charge in [-0.1, -0.05) is 25.7 Å². The number of nitrogens with one attached hydrogen (secondary N) is 1. The molecule has 1 saturated heterocycles. The standard InChI is InChI=1S/C18H33NOS/c1-19-12-11-17(18-10-5-13-21-18)20-16-9-4-7-14-6-2-3-8-15(14)16/h14-19H,2-13H2,1H3/t14?,15?,16?,17-,18?/m1/s1. The molecular formula is C18H33NOS. The zero-order valence-corrected chi connectivity index (χ0v) is 14.5. The number of fused-ring (bicyclic) bond motifs is 1. The van der Waals surface area contributed by atoms with Crippen LogP contribution >= 0.6 is 11.8 Å². The molecule has 4 unspecified atom stereocenters. The molecule has 0 aromatic carbocycles. The van der Waals surface area contributed by atoms with E-state index in [0.29, 0.717) is 12.2 Å². The Hall–Kier alpha value is 0.270. The van der Waals surface area contributed by atoms with Crippen molar-refractivity contribution in [1.82, 2.24) is 5.32 Å². The Balaban J connectivity index is 1.59. The summed E-state index contributed by atoms with van der Waals surface area (Å²) in [5, 5.41) is 4.09. The van der Waals surface area contributed by atoms with Gasteiger partial charge in [-0.3, -0.25) is 0 Å². The van der Waals surface area contributed by atoms with Gasteiger partial charge in [0.25, 0.3) is 0 Å².